The molecule has 1 N–H and O–H groups in total. The average Bonchev–Trinajstić information content (AvgIpc) is 3.32. The largest absolute Gasteiger partial charge is 0.497 e. The molecule has 0 unspecified atom stereocenters. The Hall–Kier alpha value is -2.41. The standard InChI is InChI=1S/C18H20N2O4S/c1-23-14-8-6-12(7-9-14)15-11-25-18(19-15)20-16(21)10-24-17(22)13-4-2-3-5-13/h6-9,11,13H,2-5,10H2,1H3,(H,19,20,21). The number of hydrogen-bond donors (Lipinski definition) is 1. The van der Waals surface area contributed by atoms with Crippen LogP contribution >= 0.6 is 11.3 Å². The van der Waals surface area contributed by atoms with Gasteiger partial charge in [0.15, 0.2) is 11.7 Å². The third-order valence-electron chi connectivity index (χ3n) is 4.17. The van der Waals surface area contributed by atoms with Gasteiger partial charge in [0.2, 0.25) is 0 Å². The van der Waals surface area contributed by atoms with Crippen molar-refractivity contribution >= 4 is 28.3 Å². The Labute approximate surface area is 150 Å². The molecule has 0 spiro atoms. The lowest BCUT2D eigenvalue weighted by molar-refractivity contribution is -0.151. The van der Waals surface area contributed by atoms with Crippen molar-refractivity contribution in [2.75, 3.05) is 19.0 Å². The number of anilines is 1. The number of esters is 1. The van der Waals surface area contributed by atoms with Gasteiger partial charge >= 0.3 is 5.97 Å². The predicted molar refractivity (Wildman–Crippen MR) is 95.6 cm³/mol. The minimum absolute atomic E-state index is 0.0469. The Morgan fingerprint density at radius 3 is 2.64 bits per heavy atom. The maximum Gasteiger partial charge on any atom is 0.309 e. The van der Waals surface area contributed by atoms with Crippen LogP contribution in [0.2, 0.25) is 0 Å². The molecular formula is C18H20N2O4S. The quantitative estimate of drug-likeness (QED) is 0.798. The molecule has 1 fully saturated rings. The molecule has 3 rings (SSSR count). The average molecular weight is 360 g/mol. The maximum atomic E-state index is 11.9. The van der Waals surface area contributed by atoms with E-state index in [1.807, 2.05) is 29.6 Å². The number of nitrogens with one attached hydrogen (secondary N) is 1. The van der Waals surface area contributed by atoms with Gasteiger partial charge in [0, 0.05) is 10.9 Å². The van der Waals surface area contributed by atoms with E-state index in [0.717, 1.165) is 42.7 Å². The Morgan fingerprint density at radius 2 is 1.96 bits per heavy atom. The van der Waals surface area contributed by atoms with Gasteiger partial charge in [-0.15, -0.1) is 11.3 Å². The molecule has 1 aliphatic carbocycles. The van der Waals surface area contributed by atoms with Crippen molar-refractivity contribution in [3.63, 3.8) is 0 Å². The van der Waals surface area contributed by atoms with Crippen LogP contribution in [0.4, 0.5) is 5.13 Å². The lowest BCUT2D eigenvalue weighted by atomic mass is 10.1. The number of ether oxygens (including phenoxy) is 2. The van der Waals surface area contributed by atoms with E-state index in [2.05, 4.69) is 10.3 Å². The highest BCUT2D eigenvalue weighted by Gasteiger charge is 2.24. The van der Waals surface area contributed by atoms with Crippen LogP contribution in [-0.2, 0) is 14.3 Å². The molecule has 0 radical (unpaired) electrons. The van der Waals surface area contributed by atoms with Crippen molar-refractivity contribution in [2.24, 2.45) is 5.92 Å². The molecule has 0 bridgehead atoms. The third-order valence-corrected chi connectivity index (χ3v) is 4.93. The summed E-state index contributed by atoms with van der Waals surface area (Å²) in [7, 11) is 1.62. The molecular weight excluding hydrogens is 340 g/mol. The van der Waals surface area contributed by atoms with E-state index in [1.165, 1.54) is 11.3 Å². The summed E-state index contributed by atoms with van der Waals surface area (Å²) in [6, 6.07) is 7.52. The predicted octanol–water partition coefficient (Wildman–Crippen LogP) is 3.49. The van der Waals surface area contributed by atoms with Gasteiger partial charge in [-0.25, -0.2) is 4.98 Å². The Bertz CT molecular complexity index is 736. The van der Waals surface area contributed by atoms with E-state index in [0.29, 0.717) is 5.13 Å². The SMILES string of the molecule is COc1ccc(-c2csc(NC(=O)COC(=O)C3CCCC3)n2)cc1. The van der Waals surface area contributed by atoms with Gasteiger partial charge in [0.05, 0.1) is 18.7 Å². The number of rotatable bonds is 6. The Balaban J connectivity index is 1.51. The second-order valence-electron chi connectivity index (χ2n) is 5.90. The van der Waals surface area contributed by atoms with E-state index in [4.69, 9.17) is 9.47 Å². The summed E-state index contributed by atoms with van der Waals surface area (Å²) in [4.78, 5) is 28.1. The van der Waals surface area contributed by atoms with Gasteiger partial charge in [-0.2, -0.15) is 0 Å². The van der Waals surface area contributed by atoms with Gasteiger partial charge in [0.25, 0.3) is 5.91 Å². The highest BCUT2D eigenvalue weighted by Crippen LogP contribution is 2.27. The van der Waals surface area contributed by atoms with E-state index < -0.39 is 0 Å². The van der Waals surface area contributed by atoms with E-state index in [-0.39, 0.29) is 24.4 Å². The molecule has 132 valence electrons. The van der Waals surface area contributed by atoms with Crippen LogP contribution < -0.4 is 10.1 Å². The fraction of sp³-hybridized carbons (Fsp3) is 0.389. The Kier molecular flexibility index (Phi) is 5.65. The lowest BCUT2D eigenvalue weighted by Gasteiger charge is -2.08. The number of nitrogens with zero attached hydrogens (tertiary/aromatic N) is 1. The molecule has 1 heterocycles. The summed E-state index contributed by atoms with van der Waals surface area (Å²) in [5, 5.41) is 5.01. The molecule has 25 heavy (non-hydrogen) atoms. The van der Waals surface area contributed by atoms with Gasteiger partial charge in [-0.05, 0) is 37.1 Å². The Morgan fingerprint density at radius 1 is 1.24 bits per heavy atom. The van der Waals surface area contributed by atoms with Crippen molar-refractivity contribution in [3.8, 4) is 17.0 Å². The number of amides is 1. The molecule has 0 saturated heterocycles. The topological polar surface area (TPSA) is 77.5 Å². The number of benzene rings is 1. The zero-order chi connectivity index (χ0) is 17.6. The minimum Gasteiger partial charge on any atom is -0.497 e. The third kappa shape index (κ3) is 4.57. The van der Waals surface area contributed by atoms with Gasteiger partial charge < -0.3 is 9.47 Å². The van der Waals surface area contributed by atoms with E-state index in [1.54, 1.807) is 7.11 Å². The summed E-state index contributed by atoms with van der Waals surface area (Å²) < 4.78 is 10.2. The van der Waals surface area contributed by atoms with Crippen molar-refractivity contribution < 1.29 is 19.1 Å². The molecule has 0 atom stereocenters. The van der Waals surface area contributed by atoms with Crippen LogP contribution in [0.15, 0.2) is 29.6 Å². The minimum atomic E-state index is -0.373. The first-order valence-electron chi connectivity index (χ1n) is 8.22. The van der Waals surface area contributed by atoms with Crippen molar-refractivity contribution in [1.29, 1.82) is 0 Å². The molecule has 7 heteroatoms. The first-order chi connectivity index (χ1) is 12.2. The normalized spacial score (nSPS) is 14.3. The monoisotopic (exact) mass is 360 g/mol. The first kappa shape index (κ1) is 17.4. The summed E-state index contributed by atoms with van der Waals surface area (Å²) in [6.45, 7) is -0.271. The van der Waals surface area contributed by atoms with Crippen LogP contribution in [-0.4, -0.2) is 30.6 Å². The van der Waals surface area contributed by atoms with Crippen LogP contribution in [0.1, 0.15) is 25.7 Å². The number of carbonyl (C=O) groups excluding carboxylic acids is 2. The summed E-state index contributed by atoms with van der Waals surface area (Å²) in [6.07, 6.45) is 3.83. The smallest absolute Gasteiger partial charge is 0.309 e. The number of thiazole rings is 1. The second-order valence-corrected chi connectivity index (χ2v) is 6.76. The fourth-order valence-corrected chi connectivity index (χ4v) is 3.53. The van der Waals surface area contributed by atoms with Gasteiger partial charge in [0.1, 0.15) is 5.75 Å². The van der Waals surface area contributed by atoms with Crippen LogP contribution in [0.3, 0.4) is 0 Å². The zero-order valence-corrected chi connectivity index (χ0v) is 14.8. The fourth-order valence-electron chi connectivity index (χ4n) is 2.80. The highest BCUT2D eigenvalue weighted by molar-refractivity contribution is 7.14. The summed E-state index contributed by atoms with van der Waals surface area (Å²) in [5.74, 6) is 0.0820. The number of hydrogen-bond acceptors (Lipinski definition) is 6. The molecule has 6 nitrogen and oxygen atoms in total. The van der Waals surface area contributed by atoms with E-state index >= 15 is 0 Å². The lowest BCUT2D eigenvalue weighted by Crippen LogP contribution is -2.23. The number of aromatic nitrogens is 1. The first-order valence-corrected chi connectivity index (χ1v) is 9.10. The highest BCUT2D eigenvalue weighted by atomic mass is 32.1. The molecule has 0 aliphatic heterocycles. The van der Waals surface area contributed by atoms with Gasteiger partial charge in [-0.1, -0.05) is 12.8 Å². The molecule has 1 amide bonds. The molecule has 1 aromatic carbocycles. The van der Waals surface area contributed by atoms with Crippen LogP contribution in [0.25, 0.3) is 11.3 Å². The molecule has 2 aromatic rings. The van der Waals surface area contributed by atoms with E-state index in [9.17, 15) is 9.59 Å². The number of carbonyl (C=O) groups is 2. The summed E-state index contributed by atoms with van der Waals surface area (Å²) >= 11 is 1.33. The van der Waals surface area contributed by atoms with Crippen molar-refractivity contribution in [1.82, 2.24) is 4.98 Å². The number of methoxy groups -OCH3 is 1. The van der Waals surface area contributed by atoms with Crippen LogP contribution in [0, 0.1) is 5.92 Å². The molecule has 1 saturated carbocycles. The second kappa shape index (κ2) is 8.11. The van der Waals surface area contributed by atoms with Crippen molar-refractivity contribution in [3.05, 3.63) is 29.6 Å². The molecule has 1 aromatic heterocycles. The summed E-state index contributed by atoms with van der Waals surface area (Å²) in [5.41, 5.74) is 1.70. The van der Waals surface area contributed by atoms with Crippen molar-refractivity contribution in [2.45, 2.75) is 25.7 Å². The van der Waals surface area contributed by atoms with Gasteiger partial charge in [-0.3, -0.25) is 14.9 Å². The molecule has 1 aliphatic rings. The zero-order valence-electron chi connectivity index (χ0n) is 14.0. The maximum absolute atomic E-state index is 11.9. The van der Waals surface area contributed by atoms with Crippen LogP contribution in [0.5, 0.6) is 5.75 Å².